The van der Waals surface area contributed by atoms with Gasteiger partial charge in [-0.25, -0.2) is 0 Å². The molecule has 0 saturated heterocycles. The average Bonchev–Trinajstić information content (AvgIpc) is 3.05. The van der Waals surface area contributed by atoms with E-state index < -0.39 is 0 Å². The van der Waals surface area contributed by atoms with Crippen LogP contribution in [0.3, 0.4) is 0 Å². The maximum Gasteiger partial charge on any atom is 0.0758 e. The molecule has 0 aromatic carbocycles. The highest BCUT2D eigenvalue weighted by Crippen LogP contribution is 2.66. The van der Waals surface area contributed by atoms with Crippen LogP contribution in [0.4, 0.5) is 0 Å². The molecule has 0 aromatic rings. The molecule has 0 radical (unpaired) electrons. The minimum atomic E-state index is -0.370. The Morgan fingerprint density at radius 3 is 2.41 bits per heavy atom. The van der Waals surface area contributed by atoms with Gasteiger partial charge in [0.1, 0.15) is 0 Å². The van der Waals surface area contributed by atoms with E-state index in [0.717, 1.165) is 25.2 Å². The van der Waals surface area contributed by atoms with Crippen LogP contribution in [-0.4, -0.2) is 22.4 Å². The van der Waals surface area contributed by atoms with Gasteiger partial charge in [0.05, 0.1) is 12.2 Å². The van der Waals surface area contributed by atoms with Gasteiger partial charge in [-0.3, -0.25) is 0 Å². The van der Waals surface area contributed by atoms with Crippen molar-refractivity contribution in [2.24, 2.45) is 46.3 Å². The van der Waals surface area contributed by atoms with Crippen LogP contribution in [0.15, 0.2) is 23.8 Å². The molecule has 2 heteroatoms. The zero-order valence-corrected chi connectivity index (χ0v) is 19.4. The Morgan fingerprint density at radius 2 is 1.69 bits per heavy atom. The third-order valence-electron chi connectivity index (χ3n) is 10.2. The van der Waals surface area contributed by atoms with Crippen LogP contribution in [0.5, 0.6) is 0 Å². The minimum absolute atomic E-state index is 0.171. The smallest absolute Gasteiger partial charge is 0.0758 e. The second-order valence-electron chi connectivity index (χ2n) is 11.7. The van der Waals surface area contributed by atoms with Crippen LogP contribution >= 0.6 is 0 Å². The zero-order valence-electron chi connectivity index (χ0n) is 19.4. The molecule has 0 aliphatic heterocycles. The summed E-state index contributed by atoms with van der Waals surface area (Å²) in [6.45, 7) is 12.0. The molecule has 0 aromatic heterocycles. The SMILES string of the molecule is CC[C@H](C)/C=C/[C@@H](C)[C@H]1CCC2C3=C[C@H](O)[C@H]4C[C@@H](O)CC[C@]4(C)C3CC[C@@]21C. The fraction of sp³-hybridized carbons (Fsp3) is 0.852. The van der Waals surface area contributed by atoms with E-state index in [9.17, 15) is 10.2 Å². The van der Waals surface area contributed by atoms with Gasteiger partial charge in [-0.2, -0.15) is 0 Å². The van der Waals surface area contributed by atoms with Crippen LogP contribution < -0.4 is 0 Å². The summed E-state index contributed by atoms with van der Waals surface area (Å²) < 4.78 is 0. The summed E-state index contributed by atoms with van der Waals surface area (Å²) in [5.74, 6) is 3.56. The summed E-state index contributed by atoms with van der Waals surface area (Å²) in [6, 6.07) is 0. The molecule has 4 aliphatic rings. The van der Waals surface area contributed by atoms with Gasteiger partial charge in [-0.05, 0) is 91.3 Å². The summed E-state index contributed by atoms with van der Waals surface area (Å²) in [5, 5.41) is 21.3. The Labute approximate surface area is 178 Å². The van der Waals surface area contributed by atoms with E-state index in [0.29, 0.717) is 29.1 Å². The van der Waals surface area contributed by atoms with Gasteiger partial charge < -0.3 is 10.2 Å². The highest BCUT2D eigenvalue weighted by atomic mass is 16.3. The van der Waals surface area contributed by atoms with E-state index in [4.69, 9.17) is 0 Å². The summed E-state index contributed by atoms with van der Waals surface area (Å²) in [5.41, 5.74) is 2.14. The van der Waals surface area contributed by atoms with E-state index in [1.807, 2.05) is 0 Å². The fourth-order valence-electron chi connectivity index (χ4n) is 8.10. The Balaban J connectivity index is 1.60. The second kappa shape index (κ2) is 7.83. The van der Waals surface area contributed by atoms with E-state index in [2.05, 4.69) is 52.8 Å². The van der Waals surface area contributed by atoms with Crippen molar-refractivity contribution in [3.05, 3.63) is 23.8 Å². The predicted octanol–water partition coefficient (Wildman–Crippen LogP) is 6.14. The summed E-state index contributed by atoms with van der Waals surface area (Å²) in [6.07, 6.45) is 15.8. The fourth-order valence-corrected chi connectivity index (χ4v) is 8.10. The molecule has 0 amide bonds. The zero-order chi connectivity index (χ0) is 21.0. The van der Waals surface area contributed by atoms with Crippen molar-refractivity contribution in [3.63, 3.8) is 0 Å². The molecule has 2 nitrogen and oxygen atoms in total. The maximum atomic E-state index is 11.1. The number of hydrogen-bond donors (Lipinski definition) is 2. The molecule has 3 fully saturated rings. The van der Waals surface area contributed by atoms with Crippen molar-refractivity contribution >= 4 is 0 Å². The number of hydrogen-bond acceptors (Lipinski definition) is 2. The van der Waals surface area contributed by atoms with Crippen LogP contribution in [0.1, 0.15) is 86.0 Å². The Kier molecular flexibility index (Phi) is 5.84. The number of aliphatic hydroxyl groups is 2. The van der Waals surface area contributed by atoms with Crippen molar-refractivity contribution in [1.29, 1.82) is 0 Å². The quantitative estimate of drug-likeness (QED) is 0.557. The first-order valence-corrected chi connectivity index (χ1v) is 12.5. The largest absolute Gasteiger partial charge is 0.393 e. The summed E-state index contributed by atoms with van der Waals surface area (Å²) >= 11 is 0. The lowest BCUT2D eigenvalue weighted by molar-refractivity contribution is -0.0829. The molecule has 29 heavy (non-hydrogen) atoms. The van der Waals surface area contributed by atoms with Crippen LogP contribution in [0.25, 0.3) is 0 Å². The number of rotatable bonds is 4. The van der Waals surface area contributed by atoms with Gasteiger partial charge in [-0.1, -0.05) is 64.8 Å². The highest BCUT2D eigenvalue weighted by Gasteiger charge is 2.59. The Bertz CT molecular complexity index is 665. The monoisotopic (exact) mass is 400 g/mol. The van der Waals surface area contributed by atoms with Gasteiger partial charge in [0.15, 0.2) is 0 Å². The van der Waals surface area contributed by atoms with Crippen molar-refractivity contribution in [2.45, 2.75) is 98.2 Å². The molecule has 4 rings (SSSR count). The van der Waals surface area contributed by atoms with Gasteiger partial charge >= 0.3 is 0 Å². The van der Waals surface area contributed by atoms with Crippen molar-refractivity contribution in [3.8, 4) is 0 Å². The molecule has 0 spiro atoms. The topological polar surface area (TPSA) is 40.5 Å². The van der Waals surface area contributed by atoms with E-state index in [1.54, 1.807) is 5.57 Å². The van der Waals surface area contributed by atoms with Gasteiger partial charge in [0.25, 0.3) is 0 Å². The van der Waals surface area contributed by atoms with Gasteiger partial charge in [0.2, 0.25) is 0 Å². The van der Waals surface area contributed by atoms with Crippen molar-refractivity contribution in [1.82, 2.24) is 0 Å². The molecule has 0 heterocycles. The maximum absolute atomic E-state index is 11.1. The Hall–Kier alpha value is -0.600. The van der Waals surface area contributed by atoms with Crippen molar-refractivity contribution < 1.29 is 10.2 Å². The predicted molar refractivity (Wildman–Crippen MR) is 120 cm³/mol. The molecular formula is C27H44O2. The van der Waals surface area contributed by atoms with Gasteiger partial charge in [0, 0.05) is 0 Å². The molecule has 0 bridgehead atoms. The van der Waals surface area contributed by atoms with Crippen LogP contribution in [0.2, 0.25) is 0 Å². The molecule has 4 aliphatic carbocycles. The summed E-state index contributed by atoms with van der Waals surface area (Å²) in [4.78, 5) is 0. The lowest BCUT2D eigenvalue weighted by Crippen LogP contribution is -2.53. The molecule has 2 unspecified atom stereocenters. The van der Waals surface area contributed by atoms with E-state index >= 15 is 0 Å². The molecular weight excluding hydrogens is 356 g/mol. The first-order chi connectivity index (χ1) is 13.7. The van der Waals surface area contributed by atoms with Crippen LogP contribution in [0, 0.1) is 46.3 Å². The molecule has 3 saturated carbocycles. The lowest BCUT2D eigenvalue weighted by Gasteiger charge is -2.58. The third kappa shape index (κ3) is 3.47. The molecule has 164 valence electrons. The lowest BCUT2D eigenvalue weighted by atomic mass is 9.47. The number of allylic oxidation sites excluding steroid dienone is 3. The molecule has 2 N–H and O–H groups in total. The number of aliphatic hydroxyl groups excluding tert-OH is 2. The normalized spacial score (nSPS) is 49.1. The average molecular weight is 401 g/mol. The van der Waals surface area contributed by atoms with E-state index in [1.165, 1.54) is 32.1 Å². The first kappa shape index (κ1) is 21.6. The standard InChI is InChI=1S/C27H44O2/c1-6-17(2)7-8-18(3)21-9-10-22-20-16-25(29)24-15-19(28)11-13-27(24,5)23(20)12-14-26(21,22)4/h7-8,16-19,21-25,28-29H,6,9-15H2,1-5H3/b8-7+/t17-,18+,19-,21+,22?,23?,24+,25-,26+,27+/m0/s1. The second-order valence-corrected chi connectivity index (χ2v) is 11.7. The third-order valence-corrected chi connectivity index (χ3v) is 10.2. The van der Waals surface area contributed by atoms with Gasteiger partial charge in [-0.15, -0.1) is 0 Å². The first-order valence-electron chi connectivity index (χ1n) is 12.5. The highest BCUT2D eigenvalue weighted by molar-refractivity contribution is 5.30. The minimum Gasteiger partial charge on any atom is -0.393 e. The van der Waals surface area contributed by atoms with Crippen LogP contribution in [-0.2, 0) is 0 Å². The number of fused-ring (bicyclic) bond motifs is 5. The van der Waals surface area contributed by atoms with Crippen molar-refractivity contribution in [2.75, 3.05) is 0 Å². The summed E-state index contributed by atoms with van der Waals surface area (Å²) in [7, 11) is 0. The Morgan fingerprint density at radius 1 is 1.00 bits per heavy atom. The van der Waals surface area contributed by atoms with E-state index in [-0.39, 0.29) is 23.5 Å². The molecule has 10 atom stereocenters.